The lowest BCUT2D eigenvalue weighted by Crippen LogP contribution is -2.60. The molecular formula is C32H43ClN4O2. The number of fused-ring (bicyclic) bond motifs is 1. The van der Waals surface area contributed by atoms with E-state index in [0.29, 0.717) is 42.4 Å². The van der Waals surface area contributed by atoms with Crippen LogP contribution < -0.4 is 10.6 Å². The maximum Gasteiger partial charge on any atom is 0.245 e. The Labute approximate surface area is 238 Å². The van der Waals surface area contributed by atoms with Gasteiger partial charge in [0, 0.05) is 62.2 Å². The zero-order chi connectivity index (χ0) is 27.4. The Morgan fingerprint density at radius 2 is 1.72 bits per heavy atom. The topological polar surface area (TPSA) is 64.7 Å². The molecule has 6 nitrogen and oxygen atoms in total. The summed E-state index contributed by atoms with van der Waals surface area (Å²) in [5.74, 6) is 0.585. The number of piperazine rings is 1. The standard InChI is InChI=1S/C32H43ClN4O2/c1-23(2)21-32(13-5-6-14-32)37-17-15-36(16-18-37)31(39)29(19-24-9-11-26(33)12-10-24)35-30(38)20-28-27-8-4-3-7-25(27)22-34-28/h3-4,7-12,23,28-29,34H,5-6,13-22H2,1-2H3,(H,35,38)/t28?,29-/m1/s1. The molecule has 39 heavy (non-hydrogen) atoms. The van der Waals surface area contributed by atoms with Crippen molar-refractivity contribution in [3.63, 3.8) is 0 Å². The molecule has 2 N–H and O–H groups in total. The highest BCUT2D eigenvalue weighted by molar-refractivity contribution is 6.30. The molecule has 2 aliphatic heterocycles. The third-order valence-electron chi connectivity index (χ3n) is 8.93. The van der Waals surface area contributed by atoms with Crippen LogP contribution in [0.3, 0.4) is 0 Å². The molecule has 2 atom stereocenters. The summed E-state index contributed by atoms with van der Waals surface area (Å²) >= 11 is 6.11. The molecule has 0 radical (unpaired) electrons. The highest BCUT2D eigenvalue weighted by atomic mass is 35.5. The van der Waals surface area contributed by atoms with Crippen molar-refractivity contribution in [2.45, 2.75) is 83.0 Å². The molecule has 3 aliphatic rings. The third kappa shape index (κ3) is 6.67. The van der Waals surface area contributed by atoms with Crippen LogP contribution in [0.15, 0.2) is 48.5 Å². The van der Waals surface area contributed by atoms with Crippen molar-refractivity contribution in [3.8, 4) is 0 Å². The zero-order valence-corrected chi connectivity index (χ0v) is 24.2. The fourth-order valence-corrected chi connectivity index (χ4v) is 7.25. The van der Waals surface area contributed by atoms with Crippen LogP contribution >= 0.6 is 11.6 Å². The zero-order valence-electron chi connectivity index (χ0n) is 23.4. The highest BCUT2D eigenvalue weighted by Gasteiger charge is 2.42. The second kappa shape index (κ2) is 12.4. The summed E-state index contributed by atoms with van der Waals surface area (Å²) in [5.41, 5.74) is 3.69. The lowest BCUT2D eigenvalue weighted by Gasteiger charge is -2.47. The van der Waals surface area contributed by atoms with Crippen molar-refractivity contribution in [3.05, 3.63) is 70.2 Å². The van der Waals surface area contributed by atoms with E-state index in [-0.39, 0.29) is 17.9 Å². The molecular weight excluding hydrogens is 508 g/mol. The Morgan fingerprint density at radius 1 is 1.03 bits per heavy atom. The number of halogens is 1. The van der Waals surface area contributed by atoms with Crippen molar-refractivity contribution in [2.24, 2.45) is 5.92 Å². The Hall–Kier alpha value is -2.41. The molecule has 210 valence electrons. The number of hydrogen-bond acceptors (Lipinski definition) is 4. The first-order valence-electron chi connectivity index (χ1n) is 14.7. The summed E-state index contributed by atoms with van der Waals surface area (Å²) in [6.45, 7) is 8.65. The molecule has 2 aromatic carbocycles. The first-order valence-corrected chi connectivity index (χ1v) is 15.1. The quantitative estimate of drug-likeness (QED) is 0.456. The number of benzene rings is 2. The van der Waals surface area contributed by atoms with Gasteiger partial charge in [-0.2, -0.15) is 0 Å². The second-order valence-electron chi connectivity index (χ2n) is 12.1. The predicted octanol–water partition coefficient (Wildman–Crippen LogP) is 5.11. The monoisotopic (exact) mass is 550 g/mol. The molecule has 2 heterocycles. The summed E-state index contributed by atoms with van der Waals surface area (Å²) in [6.07, 6.45) is 7.15. The van der Waals surface area contributed by atoms with Crippen LogP contribution in [0, 0.1) is 5.92 Å². The minimum Gasteiger partial charge on any atom is -0.344 e. The Bertz CT molecular complexity index is 1140. The van der Waals surface area contributed by atoms with Gasteiger partial charge in [-0.3, -0.25) is 14.5 Å². The molecule has 1 saturated carbocycles. The van der Waals surface area contributed by atoms with Crippen LogP contribution in [-0.4, -0.2) is 59.4 Å². The number of carbonyl (C=O) groups excluding carboxylic acids is 2. The molecule has 0 aromatic heterocycles. The second-order valence-corrected chi connectivity index (χ2v) is 12.6. The molecule has 5 rings (SSSR count). The number of nitrogens with zero attached hydrogens (tertiary/aromatic N) is 2. The maximum absolute atomic E-state index is 13.9. The highest BCUT2D eigenvalue weighted by Crippen LogP contribution is 2.40. The number of carbonyl (C=O) groups is 2. The first kappa shape index (κ1) is 28.1. The summed E-state index contributed by atoms with van der Waals surface area (Å²) in [6, 6.07) is 15.2. The van der Waals surface area contributed by atoms with Crippen LogP contribution in [0.1, 0.15) is 75.1 Å². The average Bonchev–Trinajstić information content (AvgIpc) is 3.57. The van der Waals surface area contributed by atoms with Crippen LogP contribution in [0.25, 0.3) is 0 Å². The minimum atomic E-state index is -0.599. The molecule has 2 aromatic rings. The van der Waals surface area contributed by atoms with Gasteiger partial charge < -0.3 is 15.5 Å². The van der Waals surface area contributed by atoms with Crippen LogP contribution in [0.4, 0.5) is 0 Å². The molecule has 2 amide bonds. The van der Waals surface area contributed by atoms with Gasteiger partial charge in [0.25, 0.3) is 0 Å². The van der Waals surface area contributed by atoms with Crippen molar-refractivity contribution in [1.82, 2.24) is 20.4 Å². The van der Waals surface area contributed by atoms with Gasteiger partial charge in [0.15, 0.2) is 0 Å². The van der Waals surface area contributed by atoms with E-state index >= 15 is 0 Å². The van der Waals surface area contributed by atoms with E-state index in [1.165, 1.54) is 43.2 Å². The lowest BCUT2D eigenvalue weighted by atomic mass is 9.85. The van der Waals surface area contributed by atoms with Gasteiger partial charge in [-0.05, 0) is 54.0 Å². The van der Waals surface area contributed by atoms with E-state index in [0.717, 1.165) is 25.2 Å². The number of amides is 2. The predicted molar refractivity (Wildman–Crippen MR) is 157 cm³/mol. The van der Waals surface area contributed by atoms with E-state index in [1.807, 2.05) is 41.3 Å². The molecule has 1 aliphatic carbocycles. The third-order valence-corrected chi connectivity index (χ3v) is 9.18. The average molecular weight is 551 g/mol. The van der Waals surface area contributed by atoms with Crippen LogP contribution in [0.5, 0.6) is 0 Å². The summed E-state index contributed by atoms with van der Waals surface area (Å²) in [4.78, 5) is 31.8. The summed E-state index contributed by atoms with van der Waals surface area (Å²) in [5, 5.41) is 7.23. The largest absolute Gasteiger partial charge is 0.344 e. The maximum atomic E-state index is 13.9. The SMILES string of the molecule is CC(C)CC1(N2CCN(C(=O)[C@@H](Cc3ccc(Cl)cc3)NC(=O)CC3NCc4ccccc43)CC2)CCCC1. The molecule has 0 bridgehead atoms. The molecule has 1 unspecified atom stereocenters. The van der Waals surface area contributed by atoms with Crippen molar-refractivity contribution >= 4 is 23.4 Å². The van der Waals surface area contributed by atoms with Gasteiger partial charge in [0.1, 0.15) is 6.04 Å². The first-order chi connectivity index (χ1) is 18.8. The van der Waals surface area contributed by atoms with Crippen LogP contribution in [-0.2, 0) is 22.6 Å². The Kier molecular flexibility index (Phi) is 8.95. The van der Waals surface area contributed by atoms with E-state index in [2.05, 4.69) is 41.5 Å². The van der Waals surface area contributed by atoms with Gasteiger partial charge in [0.05, 0.1) is 0 Å². The molecule has 7 heteroatoms. The fourth-order valence-electron chi connectivity index (χ4n) is 7.12. The van der Waals surface area contributed by atoms with Crippen molar-refractivity contribution in [2.75, 3.05) is 26.2 Å². The smallest absolute Gasteiger partial charge is 0.245 e. The number of nitrogens with one attached hydrogen (secondary N) is 2. The molecule has 1 saturated heterocycles. The van der Waals surface area contributed by atoms with E-state index in [9.17, 15) is 9.59 Å². The van der Waals surface area contributed by atoms with E-state index in [1.54, 1.807) is 0 Å². The van der Waals surface area contributed by atoms with Gasteiger partial charge in [0.2, 0.25) is 11.8 Å². The fraction of sp³-hybridized carbons (Fsp3) is 0.562. The van der Waals surface area contributed by atoms with E-state index < -0.39 is 6.04 Å². The Balaban J connectivity index is 1.25. The van der Waals surface area contributed by atoms with Gasteiger partial charge in [-0.25, -0.2) is 0 Å². The van der Waals surface area contributed by atoms with Crippen molar-refractivity contribution < 1.29 is 9.59 Å². The van der Waals surface area contributed by atoms with Crippen molar-refractivity contribution in [1.29, 1.82) is 0 Å². The van der Waals surface area contributed by atoms with Gasteiger partial charge in [-0.15, -0.1) is 0 Å². The minimum absolute atomic E-state index is 0.0158. The number of hydrogen-bond donors (Lipinski definition) is 2. The molecule has 0 spiro atoms. The lowest BCUT2D eigenvalue weighted by molar-refractivity contribution is -0.139. The van der Waals surface area contributed by atoms with Gasteiger partial charge >= 0.3 is 0 Å². The van der Waals surface area contributed by atoms with E-state index in [4.69, 9.17) is 11.6 Å². The summed E-state index contributed by atoms with van der Waals surface area (Å²) in [7, 11) is 0. The van der Waals surface area contributed by atoms with Gasteiger partial charge in [-0.1, -0.05) is 74.7 Å². The number of rotatable bonds is 9. The molecule has 2 fully saturated rings. The Morgan fingerprint density at radius 3 is 2.41 bits per heavy atom. The normalized spacial score (nSPS) is 21.6. The van der Waals surface area contributed by atoms with Crippen LogP contribution in [0.2, 0.25) is 5.02 Å². The summed E-state index contributed by atoms with van der Waals surface area (Å²) < 4.78 is 0.